The number of hydrogen-bond donors (Lipinski definition) is 2. The molecule has 0 amide bonds. The predicted molar refractivity (Wildman–Crippen MR) is 85.4 cm³/mol. The summed E-state index contributed by atoms with van der Waals surface area (Å²) in [5.41, 5.74) is 9.94. The minimum absolute atomic E-state index is 0.481. The fraction of sp³-hybridized carbons (Fsp3) is 0.375. The van der Waals surface area contributed by atoms with Crippen LogP contribution in [-0.4, -0.2) is 22.1 Å². The van der Waals surface area contributed by atoms with E-state index in [0.29, 0.717) is 12.5 Å². The average molecular weight is 283 g/mol. The molecule has 3 N–H and O–H groups in total. The Bertz CT molecular complexity index is 616. The summed E-state index contributed by atoms with van der Waals surface area (Å²) >= 11 is 0. The molecular formula is C16H21N5. The minimum atomic E-state index is 0.481. The fourth-order valence-electron chi connectivity index (χ4n) is 2.78. The highest BCUT2D eigenvalue weighted by atomic mass is 15.1. The van der Waals surface area contributed by atoms with Crippen molar-refractivity contribution < 1.29 is 0 Å². The van der Waals surface area contributed by atoms with E-state index in [0.717, 1.165) is 18.7 Å². The van der Waals surface area contributed by atoms with Crippen LogP contribution in [0.2, 0.25) is 0 Å². The molecule has 0 radical (unpaired) electrons. The first-order valence-corrected chi connectivity index (χ1v) is 7.46. The van der Waals surface area contributed by atoms with Crippen molar-refractivity contribution in [2.45, 2.75) is 32.2 Å². The van der Waals surface area contributed by atoms with Crippen LogP contribution in [0.5, 0.6) is 0 Å². The molecule has 1 aliphatic rings. The number of aliphatic imine (C=N–C) groups is 1. The molecule has 5 heteroatoms. The molecule has 1 aromatic heterocycles. The van der Waals surface area contributed by atoms with Crippen molar-refractivity contribution in [2.75, 3.05) is 11.9 Å². The third-order valence-electron chi connectivity index (χ3n) is 3.86. The zero-order valence-corrected chi connectivity index (χ0v) is 12.1. The average Bonchev–Trinajstić information content (AvgIpc) is 3.01. The SMILES string of the molecule is NC(=NCCn1ccnc1)Nc1cccc2c1CCCC2. The molecule has 0 fully saturated rings. The van der Waals surface area contributed by atoms with E-state index in [1.807, 2.05) is 10.8 Å². The van der Waals surface area contributed by atoms with Crippen LogP contribution < -0.4 is 11.1 Å². The number of nitrogens with zero attached hydrogens (tertiary/aromatic N) is 3. The lowest BCUT2D eigenvalue weighted by atomic mass is 9.90. The Labute approximate surface area is 124 Å². The van der Waals surface area contributed by atoms with E-state index in [4.69, 9.17) is 5.73 Å². The second-order valence-corrected chi connectivity index (χ2v) is 5.34. The lowest BCUT2D eigenvalue weighted by Gasteiger charge is -2.19. The van der Waals surface area contributed by atoms with Gasteiger partial charge in [0.2, 0.25) is 0 Å². The van der Waals surface area contributed by atoms with Gasteiger partial charge in [-0.1, -0.05) is 12.1 Å². The molecule has 0 spiro atoms. The largest absolute Gasteiger partial charge is 0.370 e. The molecule has 0 aliphatic heterocycles. The van der Waals surface area contributed by atoms with E-state index in [9.17, 15) is 0 Å². The second kappa shape index (κ2) is 6.43. The number of nitrogens with two attached hydrogens (primary N) is 1. The monoisotopic (exact) mass is 283 g/mol. The molecule has 0 bridgehead atoms. The standard InChI is InChI=1S/C16H21N5/c17-16(19-9-11-21-10-8-18-12-21)20-15-7-3-5-13-4-1-2-6-14(13)15/h3,5,7-8,10,12H,1-2,4,6,9,11H2,(H3,17,19,20). The highest BCUT2D eigenvalue weighted by Crippen LogP contribution is 2.27. The van der Waals surface area contributed by atoms with Gasteiger partial charge in [0.05, 0.1) is 12.9 Å². The summed E-state index contributed by atoms with van der Waals surface area (Å²) in [6.45, 7) is 1.43. The van der Waals surface area contributed by atoms with Crippen molar-refractivity contribution >= 4 is 11.6 Å². The Morgan fingerprint density at radius 1 is 1.33 bits per heavy atom. The van der Waals surface area contributed by atoms with Crippen LogP contribution in [0.1, 0.15) is 24.0 Å². The van der Waals surface area contributed by atoms with Gasteiger partial charge in [-0.15, -0.1) is 0 Å². The molecule has 110 valence electrons. The van der Waals surface area contributed by atoms with E-state index in [-0.39, 0.29) is 0 Å². The summed E-state index contributed by atoms with van der Waals surface area (Å²) in [6, 6.07) is 6.39. The van der Waals surface area contributed by atoms with Gasteiger partial charge in [0, 0.05) is 24.6 Å². The highest BCUT2D eigenvalue weighted by Gasteiger charge is 2.12. The van der Waals surface area contributed by atoms with Gasteiger partial charge in [-0.3, -0.25) is 4.99 Å². The molecule has 3 rings (SSSR count). The highest BCUT2D eigenvalue weighted by molar-refractivity contribution is 5.93. The number of nitrogens with one attached hydrogen (secondary N) is 1. The molecule has 2 aromatic rings. The molecule has 1 aliphatic carbocycles. The van der Waals surface area contributed by atoms with Crippen LogP contribution in [0, 0.1) is 0 Å². The minimum Gasteiger partial charge on any atom is -0.370 e. The molecule has 21 heavy (non-hydrogen) atoms. The predicted octanol–water partition coefficient (Wildman–Crippen LogP) is 2.19. The van der Waals surface area contributed by atoms with Gasteiger partial charge >= 0.3 is 0 Å². The summed E-state index contributed by atoms with van der Waals surface area (Å²) in [6.07, 6.45) is 10.3. The first-order chi connectivity index (χ1) is 10.3. The Morgan fingerprint density at radius 3 is 3.10 bits per heavy atom. The first-order valence-electron chi connectivity index (χ1n) is 7.46. The lowest BCUT2D eigenvalue weighted by Crippen LogP contribution is -2.24. The summed E-state index contributed by atoms with van der Waals surface area (Å²) in [4.78, 5) is 8.38. The van der Waals surface area contributed by atoms with E-state index < -0.39 is 0 Å². The Morgan fingerprint density at radius 2 is 2.24 bits per heavy atom. The molecule has 0 atom stereocenters. The normalized spacial score (nSPS) is 14.8. The summed E-state index contributed by atoms with van der Waals surface area (Å²) in [5.74, 6) is 0.481. The number of rotatable bonds is 4. The van der Waals surface area contributed by atoms with Crippen molar-refractivity contribution in [3.63, 3.8) is 0 Å². The third kappa shape index (κ3) is 3.42. The molecule has 1 heterocycles. The molecule has 0 unspecified atom stereocenters. The zero-order valence-electron chi connectivity index (χ0n) is 12.1. The topological polar surface area (TPSA) is 68.2 Å². The van der Waals surface area contributed by atoms with Crippen molar-refractivity contribution in [2.24, 2.45) is 10.7 Å². The summed E-state index contributed by atoms with van der Waals surface area (Å²) < 4.78 is 1.99. The van der Waals surface area contributed by atoms with E-state index in [2.05, 4.69) is 33.5 Å². The van der Waals surface area contributed by atoms with Gasteiger partial charge in [-0.25, -0.2) is 4.98 Å². The maximum atomic E-state index is 5.99. The molecule has 0 saturated heterocycles. The Hall–Kier alpha value is -2.30. The van der Waals surface area contributed by atoms with Crippen LogP contribution in [0.4, 0.5) is 5.69 Å². The smallest absolute Gasteiger partial charge is 0.193 e. The molecule has 5 nitrogen and oxygen atoms in total. The maximum Gasteiger partial charge on any atom is 0.193 e. The van der Waals surface area contributed by atoms with Crippen LogP contribution in [0.25, 0.3) is 0 Å². The van der Waals surface area contributed by atoms with Crippen LogP contribution in [0.15, 0.2) is 41.9 Å². The lowest BCUT2D eigenvalue weighted by molar-refractivity contribution is 0.687. The van der Waals surface area contributed by atoms with Crippen LogP contribution in [-0.2, 0) is 19.4 Å². The van der Waals surface area contributed by atoms with Crippen molar-refractivity contribution in [3.8, 4) is 0 Å². The molecular weight excluding hydrogens is 262 g/mol. The number of benzene rings is 1. The van der Waals surface area contributed by atoms with Crippen molar-refractivity contribution in [1.82, 2.24) is 9.55 Å². The third-order valence-corrected chi connectivity index (χ3v) is 3.86. The second-order valence-electron chi connectivity index (χ2n) is 5.34. The van der Waals surface area contributed by atoms with Crippen LogP contribution in [0.3, 0.4) is 0 Å². The first kappa shape index (κ1) is 13.7. The Balaban J connectivity index is 1.63. The number of imidazole rings is 1. The van der Waals surface area contributed by atoms with Gasteiger partial charge in [0.1, 0.15) is 0 Å². The number of anilines is 1. The van der Waals surface area contributed by atoms with Gasteiger partial charge in [-0.05, 0) is 42.9 Å². The number of aryl methyl sites for hydroxylation is 1. The van der Waals surface area contributed by atoms with Crippen molar-refractivity contribution in [3.05, 3.63) is 48.0 Å². The van der Waals surface area contributed by atoms with Gasteiger partial charge in [0.25, 0.3) is 0 Å². The number of fused-ring (bicyclic) bond motifs is 1. The Kier molecular flexibility index (Phi) is 4.19. The zero-order chi connectivity index (χ0) is 14.5. The molecule has 1 aromatic carbocycles. The van der Waals surface area contributed by atoms with E-state index in [1.54, 1.807) is 12.5 Å². The van der Waals surface area contributed by atoms with Crippen LogP contribution >= 0.6 is 0 Å². The van der Waals surface area contributed by atoms with Crippen molar-refractivity contribution in [1.29, 1.82) is 0 Å². The number of hydrogen-bond acceptors (Lipinski definition) is 2. The van der Waals surface area contributed by atoms with Gasteiger partial charge in [0.15, 0.2) is 5.96 Å². The van der Waals surface area contributed by atoms with E-state index in [1.165, 1.54) is 30.4 Å². The summed E-state index contributed by atoms with van der Waals surface area (Å²) in [7, 11) is 0. The van der Waals surface area contributed by atoms with E-state index >= 15 is 0 Å². The quantitative estimate of drug-likeness (QED) is 0.667. The number of aromatic nitrogens is 2. The maximum absolute atomic E-state index is 5.99. The number of guanidine groups is 1. The summed E-state index contributed by atoms with van der Waals surface area (Å²) in [5, 5.41) is 3.25. The molecule has 0 saturated carbocycles. The fourth-order valence-corrected chi connectivity index (χ4v) is 2.78. The van der Waals surface area contributed by atoms with Gasteiger partial charge in [-0.2, -0.15) is 0 Å². The van der Waals surface area contributed by atoms with Gasteiger partial charge < -0.3 is 15.6 Å².